The van der Waals surface area contributed by atoms with Crippen LogP contribution >= 0.6 is 0 Å². The van der Waals surface area contributed by atoms with Gasteiger partial charge in [0.2, 0.25) is 20.0 Å². The van der Waals surface area contributed by atoms with Crippen molar-refractivity contribution in [1.82, 2.24) is 8.61 Å². The molecule has 1 heterocycles. The van der Waals surface area contributed by atoms with Gasteiger partial charge in [0.25, 0.3) is 0 Å². The monoisotopic (exact) mass is 390 g/mol. The predicted molar refractivity (Wildman–Crippen MR) is 91.1 cm³/mol. The molecule has 1 aromatic rings. The van der Waals surface area contributed by atoms with Gasteiger partial charge in [-0.05, 0) is 31.0 Å². The number of rotatable bonds is 7. The van der Waals surface area contributed by atoms with Gasteiger partial charge in [0.1, 0.15) is 6.04 Å². The summed E-state index contributed by atoms with van der Waals surface area (Å²) in [6.45, 7) is 4.03. The first-order chi connectivity index (χ1) is 11.7. The summed E-state index contributed by atoms with van der Waals surface area (Å²) in [4.78, 5) is 10.9. The van der Waals surface area contributed by atoms with Crippen LogP contribution < -0.4 is 0 Å². The Morgan fingerprint density at radius 3 is 2.36 bits per heavy atom. The Bertz CT molecular complexity index is 847. The number of nitrogens with zero attached hydrogens (tertiary/aromatic N) is 2. The van der Waals surface area contributed by atoms with Crippen LogP contribution in [0.3, 0.4) is 0 Å². The molecule has 0 saturated carbocycles. The third kappa shape index (κ3) is 3.71. The van der Waals surface area contributed by atoms with Crippen LogP contribution in [0.5, 0.6) is 0 Å². The van der Waals surface area contributed by atoms with Gasteiger partial charge in [-0.2, -0.15) is 8.61 Å². The van der Waals surface area contributed by atoms with Crippen molar-refractivity contribution in [3.63, 3.8) is 0 Å². The molecule has 1 saturated heterocycles. The number of benzene rings is 1. The zero-order chi connectivity index (χ0) is 18.8. The zero-order valence-corrected chi connectivity index (χ0v) is 15.8. The Morgan fingerprint density at radius 2 is 1.80 bits per heavy atom. The van der Waals surface area contributed by atoms with Crippen LogP contribution in [0.4, 0.5) is 0 Å². The van der Waals surface area contributed by atoms with Gasteiger partial charge in [-0.1, -0.05) is 19.9 Å². The van der Waals surface area contributed by atoms with Crippen molar-refractivity contribution >= 4 is 26.0 Å². The van der Waals surface area contributed by atoms with E-state index in [1.165, 1.54) is 22.5 Å². The fraction of sp³-hybridized carbons (Fsp3) is 0.533. The zero-order valence-electron chi connectivity index (χ0n) is 14.1. The topological polar surface area (TPSA) is 112 Å². The third-order valence-corrected chi connectivity index (χ3v) is 8.19. The number of carboxylic acid groups (broad SMARTS) is 1. The van der Waals surface area contributed by atoms with E-state index < -0.39 is 32.1 Å². The van der Waals surface area contributed by atoms with E-state index in [4.69, 9.17) is 0 Å². The molecule has 0 bridgehead atoms. The summed E-state index contributed by atoms with van der Waals surface area (Å²) < 4.78 is 52.9. The predicted octanol–water partition coefficient (Wildman–Crippen LogP) is 0.955. The van der Waals surface area contributed by atoms with E-state index in [1.54, 1.807) is 13.8 Å². The van der Waals surface area contributed by atoms with E-state index in [9.17, 15) is 26.7 Å². The maximum absolute atomic E-state index is 12.8. The first-order valence-corrected chi connectivity index (χ1v) is 10.9. The lowest BCUT2D eigenvalue weighted by Crippen LogP contribution is -2.40. The number of hydrogen-bond donors (Lipinski definition) is 1. The summed E-state index contributed by atoms with van der Waals surface area (Å²) in [5, 5.41) is 9.21. The molecule has 0 spiro atoms. The summed E-state index contributed by atoms with van der Waals surface area (Å²) in [5.41, 5.74) is 0. The van der Waals surface area contributed by atoms with Gasteiger partial charge in [-0.15, -0.1) is 0 Å². The molecule has 1 unspecified atom stereocenters. The molecule has 0 amide bonds. The van der Waals surface area contributed by atoms with Crippen molar-refractivity contribution in [2.24, 2.45) is 0 Å². The van der Waals surface area contributed by atoms with Gasteiger partial charge in [-0.25, -0.2) is 16.8 Å². The number of aliphatic carboxylic acids is 1. The minimum absolute atomic E-state index is 0.103. The van der Waals surface area contributed by atoms with E-state index in [0.29, 0.717) is 6.42 Å². The molecular weight excluding hydrogens is 368 g/mol. The Morgan fingerprint density at radius 1 is 1.20 bits per heavy atom. The van der Waals surface area contributed by atoms with Gasteiger partial charge >= 0.3 is 5.97 Å². The lowest BCUT2D eigenvalue weighted by Gasteiger charge is -2.22. The smallest absolute Gasteiger partial charge is 0.322 e. The first kappa shape index (κ1) is 19.8. The van der Waals surface area contributed by atoms with Crippen LogP contribution in [0, 0.1) is 0 Å². The number of carbonyl (C=O) groups is 1. The molecule has 1 atom stereocenters. The highest BCUT2D eigenvalue weighted by Gasteiger charge is 2.39. The van der Waals surface area contributed by atoms with Gasteiger partial charge in [0.05, 0.1) is 9.79 Å². The molecule has 1 aromatic carbocycles. The molecule has 0 aromatic heterocycles. The molecule has 1 fully saturated rings. The second-order valence-electron chi connectivity index (χ2n) is 5.68. The molecule has 10 heteroatoms. The molecule has 1 aliphatic rings. The molecule has 140 valence electrons. The normalized spacial score (nSPS) is 19.4. The van der Waals surface area contributed by atoms with Crippen LogP contribution in [0.25, 0.3) is 0 Å². The Hall–Kier alpha value is -1.49. The average Bonchev–Trinajstić information content (AvgIpc) is 3.06. The Balaban J connectivity index is 2.46. The van der Waals surface area contributed by atoms with Crippen LogP contribution in [-0.4, -0.2) is 62.2 Å². The molecule has 25 heavy (non-hydrogen) atoms. The summed E-state index contributed by atoms with van der Waals surface area (Å²) >= 11 is 0. The summed E-state index contributed by atoms with van der Waals surface area (Å²) in [6.07, 6.45) is 0.694. The molecule has 2 rings (SSSR count). The first-order valence-electron chi connectivity index (χ1n) is 8.01. The minimum Gasteiger partial charge on any atom is -0.480 e. The van der Waals surface area contributed by atoms with Gasteiger partial charge in [-0.3, -0.25) is 4.79 Å². The standard InChI is InChI=1S/C15H22N2O6S2/c1-3-16(4-2)24(20,21)12-7-5-8-13(11-12)25(22,23)17-10-6-9-14(17)15(18)19/h5,7-8,11,14H,3-4,6,9-10H2,1-2H3,(H,18,19). The van der Waals surface area contributed by atoms with E-state index in [-0.39, 0.29) is 35.8 Å². The fourth-order valence-electron chi connectivity index (χ4n) is 2.92. The SMILES string of the molecule is CCN(CC)S(=O)(=O)c1cccc(S(=O)(=O)N2CCCC2C(=O)O)c1. The average molecular weight is 390 g/mol. The lowest BCUT2D eigenvalue weighted by atomic mass is 10.2. The number of sulfonamides is 2. The Kier molecular flexibility index (Phi) is 5.87. The minimum atomic E-state index is -4.09. The van der Waals surface area contributed by atoms with Crippen LogP contribution in [0.2, 0.25) is 0 Å². The van der Waals surface area contributed by atoms with Crippen molar-refractivity contribution in [3.05, 3.63) is 24.3 Å². The van der Waals surface area contributed by atoms with E-state index >= 15 is 0 Å². The van der Waals surface area contributed by atoms with Gasteiger partial charge < -0.3 is 5.11 Å². The highest BCUT2D eigenvalue weighted by molar-refractivity contribution is 7.90. The summed E-state index contributed by atoms with van der Waals surface area (Å²) in [5.74, 6) is -1.20. The molecular formula is C15H22N2O6S2. The van der Waals surface area contributed by atoms with Gasteiger partial charge in [0.15, 0.2) is 0 Å². The quantitative estimate of drug-likeness (QED) is 0.742. The number of hydrogen-bond acceptors (Lipinski definition) is 5. The molecule has 0 radical (unpaired) electrons. The molecule has 1 N–H and O–H groups in total. The Labute approximate surface area is 148 Å². The summed E-state index contributed by atoms with van der Waals surface area (Å²) in [6, 6.07) is 3.96. The molecule has 1 aliphatic heterocycles. The number of carboxylic acids is 1. The van der Waals surface area contributed by atoms with E-state index in [0.717, 1.165) is 10.4 Å². The van der Waals surface area contributed by atoms with Crippen molar-refractivity contribution in [1.29, 1.82) is 0 Å². The second kappa shape index (κ2) is 7.40. The molecule has 8 nitrogen and oxygen atoms in total. The van der Waals surface area contributed by atoms with Crippen LogP contribution in [0.1, 0.15) is 26.7 Å². The summed E-state index contributed by atoms with van der Waals surface area (Å²) in [7, 11) is -7.89. The second-order valence-corrected chi connectivity index (χ2v) is 9.50. The maximum Gasteiger partial charge on any atom is 0.322 e. The van der Waals surface area contributed by atoms with E-state index in [2.05, 4.69) is 0 Å². The van der Waals surface area contributed by atoms with Crippen LogP contribution in [0.15, 0.2) is 34.1 Å². The van der Waals surface area contributed by atoms with Gasteiger partial charge in [0, 0.05) is 19.6 Å². The lowest BCUT2D eigenvalue weighted by molar-refractivity contribution is -0.140. The molecule has 0 aliphatic carbocycles. The van der Waals surface area contributed by atoms with Crippen LogP contribution in [-0.2, 0) is 24.8 Å². The van der Waals surface area contributed by atoms with Crippen molar-refractivity contribution < 1.29 is 26.7 Å². The van der Waals surface area contributed by atoms with Crippen molar-refractivity contribution in [2.75, 3.05) is 19.6 Å². The highest BCUT2D eigenvalue weighted by Crippen LogP contribution is 2.28. The maximum atomic E-state index is 12.8. The van der Waals surface area contributed by atoms with Crippen molar-refractivity contribution in [3.8, 4) is 0 Å². The van der Waals surface area contributed by atoms with Crippen molar-refractivity contribution in [2.45, 2.75) is 42.5 Å². The van der Waals surface area contributed by atoms with E-state index in [1.807, 2.05) is 0 Å². The third-order valence-electron chi connectivity index (χ3n) is 4.24. The highest BCUT2D eigenvalue weighted by atomic mass is 32.2. The largest absolute Gasteiger partial charge is 0.480 e. The fourth-order valence-corrected chi connectivity index (χ4v) is 6.19.